The molecule has 2 aromatic rings. The van der Waals surface area contributed by atoms with Crippen LogP contribution in [-0.2, 0) is 6.42 Å². The molecule has 4 rings (SSSR count). The topological polar surface area (TPSA) is 32.3 Å². The summed E-state index contributed by atoms with van der Waals surface area (Å²) in [7, 11) is 0. The average Bonchev–Trinajstić information content (AvgIpc) is 2.88. The molecule has 0 radical (unpaired) electrons. The van der Waals surface area contributed by atoms with E-state index in [2.05, 4.69) is 29.6 Å². The first-order chi connectivity index (χ1) is 11.7. The molecule has 1 N–H and O–H groups in total. The fourth-order valence-electron chi connectivity index (χ4n) is 4.05. The summed E-state index contributed by atoms with van der Waals surface area (Å²) in [5.41, 5.74) is 3.87. The van der Waals surface area contributed by atoms with Crippen molar-refractivity contribution >= 4 is 17.6 Å². The standard InChI is InChI=1S/C20H21ClN2O/c21-16-6-7-17-18(13-16)15-9-11-23(19(17)12-15)20(24)22-10-8-14-4-2-1-3-5-14/h1-7,13,15,19H,8-12H2,(H,22,24)/t15?,19-/m1/s1. The number of carbonyl (C=O) groups excluding carboxylic acids is 1. The minimum absolute atomic E-state index is 0.0529. The molecule has 1 aliphatic carbocycles. The van der Waals surface area contributed by atoms with Gasteiger partial charge in [0.25, 0.3) is 0 Å². The molecular formula is C20H21ClN2O. The number of amides is 2. The summed E-state index contributed by atoms with van der Waals surface area (Å²) in [5, 5.41) is 3.88. The van der Waals surface area contributed by atoms with Crippen molar-refractivity contribution in [3.05, 3.63) is 70.2 Å². The molecule has 1 saturated heterocycles. The quantitative estimate of drug-likeness (QED) is 0.875. The Hall–Kier alpha value is -2.00. The molecule has 2 aliphatic rings. The van der Waals surface area contributed by atoms with Gasteiger partial charge in [0.1, 0.15) is 0 Å². The van der Waals surface area contributed by atoms with E-state index in [1.165, 1.54) is 16.7 Å². The van der Waals surface area contributed by atoms with Gasteiger partial charge in [0.2, 0.25) is 0 Å². The summed E-state index contributed by atoms with van der Waals surface area (Å²) in [4.78, 5) is 14.6. The molecule has 2 bridgehead atoms. The number of carbonyl (C=O) groups is 1. The number of rotatable bonds is 3. The van der Waals surface area contributed by atoms with Gasteiger partial charge in [-0.25, -0.2) is 4.79 Å². The van der Waals surface area contributed by atoms with Gasteiger partial charge in [-0.3, -0.25) is 0 Å². The van der Waals surface area contributed by atoms with Crippen molar-refractivity contribution in [2.75, 3.05) is 13.1 Å². The smallest absolute Gasteiger partial charge is 0.317 e. The number of piperidine rings is 1. The maximum absolute atomic E-state index is 12.6. The zero-order valence-corrected chi connectivity index (χ0v) is 14.3. The SMILES string of the molecule is O=C(NCCc1ccccc1)N1CCC2C[C@@H]1c1ccc(Cl)cc12. The van der Waals surface area contributed by atoms with Gasteiger partial charge < -0.3 is 10.2 Å². The van der Waals surface area contributed by atoms with Crippen LogP contribution in [-0.4, -0.2) is 24.0 Å². The lowest BCUT2D eigenvalue weighted by Gasteiger charge is -2.33. The van der Waals surface area contributed by atoms with Crippen molar-refractivity contribution in [1.82, 2.24) is 10.2 Å². The third-order valence-corrected chi connectivity index (χ3v) is 5.48. The fourth-order valence-corrected chi connectivity index (χ4v) is 4.23. The monoisotopic (exact) mass is 340 g/mol. The predicted octanol–water partition coefficient (Wildman–Crippen LogP) is 4.53. The number of nitrogens with zero attached hydrogens (tertiary/aromatic N) is 1. The number of halogens is 1. The summed E-state index contributed by atoms with van der Waals surface area (Å²) in [6.45, 7) is 1.49. The van der Waals surface area contributed by atoms with Crippen molar-refractivity contribution in [1.29, 1.82) is 0 Å². The fraction of sp³-hybridized carbons (Fsp3) is 0.350. The molecule has 24 heavy (non-hydrogen) atoms. The largest absolute Gasteiger partial charge is 0.338 e. The van der Waals surface area contributed by atoms with Gasteiger partial charge in [-0.15, -0.1) is 0 Å². The predicted molar refractivity (Wildman–Crippen MR) is 96.4 cm³/mol. The Morgan fingerprint density at radius 2 is 2.00 bits per heavy atom. The minimum Gasteiger partial charge on any atom is -0.338 e. The molecule has 4 heteroatoms. The molecule has 2 amide bonds. The number of nitrogens with one attached hydrogen (secondary N) is 1. The lowest BCUT2D eigenvalue weighted by atomic mass is 9.96. The molecule has 1 heterocycles. The molecular weight excluding hydrogens is 320 g/mol. The Labute approximate surface area is 147 Å². The normalized spacial score (nSPS) is 21.5. The molecule has 124 valence electrons. The maximum Gasteiger partial charge on any atom is 0.317 e. The van der Waals surface area contributed by atoms with Crippen LogP contribution in [0.15, 0.2) is 48.5 Å². The van der Waals surface area contributed by atoms with Gasteiger partial charge in [0.05, 0.1) is 6.04 Å². The van der Waals surface area contributed by atoms with E-state index in [1.54, 1.807) is 0 Å². The minimum atomic E-state index is 0.0529. The van der Waals surface area contributed by atoms with Crippen molar-refractivity contribution in [3.63, 3.8) is 0 Å². The highest BCUT2D eigenvalue weighted by Gasteiger charge is 2.40. The van der Waals surface area contributed by atoms with Crippen molar-refractivity contribution in [2.24, 2.45) is 0 Å². The van der Waals surface area contributed by atoms with Crippen LogP contribution in [0.25, 0.3) is 0 Å². The van der Waals surface area contributed by atoms with Crippen LogP contribution < -0.4 is 5.32 Å². The van der Waals surface area contributed by atoms with E-state index in [9.17, 15) is 4.79 Å². The molecule has 3 nitrogen and oxygen atoms in total. The lowest BCUT2D eigenvalue weighted by Crippen LogP contribution is -2.44. The van der Waals surface area contributed by atoms with Crippen LogP contribution in [0.2, 0.25) is 5.02 Å². The first-order valence-electron chi connectivity index (χ1n) is 8.60. The summed E-state index contributed by atoms with van der Waals surface area (Å²) in [5.74, 6) is 0.553. The van der Waals surface area contributed by atoms with Gasteiger partial charge in [-0.1, -0.05) is 48.0 Å². The summed E-state index contributed by atoms with van der Waals surface area (Å²) in [6, 6.07) is 16.6. The number of hydrogen-bond donors (Lipinski definition) is 1. The Bertz CT molecular complexity index is 747. The van der Waals surface area contributed by atoms with Crippen LogP contribution >= 0.6 is 11.6 Å². The first-order valence-corrected chi connectivity index (χ1v) is 8.98. The summed E-state index contributed by atoms with van der Waals surface area (Å²) >= 11 is 6.15. The summed E-state index contributed by atoms with van der Waals surface area (Å²) < 4.78 is 0. The van der Waals surface area contributed by atoms with Crippen molar-refractivity contribution < 1.29 is 4.79 Å². The van der Waals surface area contributed by atoms with Gasteiger partial charge >= 0.3 is 6.03 Å². The van der Waals surface area contributed by atoms with E-state index in [0.29, 0.717) is 12.5 Å². The van der Waals surface area contributed by atoms with Crippen LogP contribution in [0.4, 0.5) is 4.79 Å². The Morgan fingerprint density at radius 3 is 2.83 bits per heavy atom. The zero-order valence-electron chi connectivity index (χ0n) is 13.5. The second-order valence-corrected chi connectivity index (χ2v) is 7.11. The average molecular weight is 341 g/mol. The van der Waals surface area contributed by atoms with Gasteiger partial charge in [-0.2, -0.15) is 0 Å². The highest BCUT2D eigenvalue weighted by molar-refractivity contribution is 6.30. The van der Waals surface area contributed by atoms with Crippen molar-refractivity contribution in [2.45, 2.75) is 31.2 Å². The van der Waals surface area contributed by atoms with E-state index in [4.69, 9.17) is 11.6 Å². The Kier molecular flexibility index (Phi) is 4.19. The Morgan fingerprint density at radius 1 is 1.17 bits per heavy atom. The van der Waals surface area contributed by atoms with E-state index in [0.717, 1.165) is 30.8 Å². The molecule has 2 aromatic carbocycles. The van der Waals surface area contributed by atoms with Crippen LogP contribution in [0, 0.1) is 0 Å². The lowest BCUT2D eigenvalue weighted by molar-refractivity contribution is 0.154. The molecule has 2 atom stereocenters. The van der Waals surface area contributed by atoms with E-state index in [1.807, 2.05) is 29.2 Å². The van der Waals surface area contributed by atoms with Gasteiger partial charge in [0, 0.05) is 18.1 Å². The van der Waals surface area contributed by atoms with Crippen molar-refractivity contribution in [3.8, 4) is 0 Å². The first kappa shape index (κ1) is 15.5. The number of likely N-dealkylation sites (tertiary alicyclic amines) is 1. The highest BCUT2D eigenvalue weighted by atomic mass is 35.5. The molecule has 1 unspecified atom stereocenters. The number of urea groups is 1. The molecule has 0 spiro atoms. The van der Waals surface area contributed by atoms with E-state index < -0.39 is 0 Å². The summed E-state index contributed by atoms with van der Waals surface area (Å²) in [6.07, 6.45) is 2.91. The van der Waals surface area contributed by atoms with Gasteiger partial charge in [-0.05, 0) is 54.0 Å². The highest BCUT2D eigenvalue weighted by Crippen LogP contribution is 2.49. The third-order valence-electron chi connectivity index (χ3n) is 5.24. The third kappa shape index (κ3) is 2.89. The van der Waals surface area contributed by atoms with E-state index >= 15 is 0 Å². The number of fused-ring (bicyclic) bond motifs is 5. The van der Waals surface area contributed by atoms with E-state index in [-0.39, 0.29) is 12.1 Å². The van der Waals surface area contributed by atoms with Gasteiger partial charge in [0.15, 0.2) is 0 Å². The number of hydrogen-bond acceptors (Lipinski definition) is 1. The molecule has 0 saturated carbocycles. The van der Waals surface area contributed by atoms with Crippen LogP contribution in [0.3, 0.4) is 0 Å². The molecule has 0 aromatic heterocycles. The number of benzene rings is 2. The zero-order chi connectivity index (χ0) is 16.5. The van der Waals surface area contributed by atoms with Crippen LogP contribution in [0.1, 0.15) is 41.5 Å². The van der Waals surface area contributed by atoms with Crippen LogP contribution in [0.5, 0.6) is 0 Å². The molecule has 1 fully saturated rings. The molecule has 1 aliphatic heterocycles. The maximum atomic E-state index is 12.6. The second kappa shape index (κ2) is 6.48. The second-order valence-electron chi connectivity index (χ2n) is 6.67. The Balaban J connectivity index is 1.41.